The predicted molar refractivity (Wildman–Crippen MR) is 74.9 cm³/mol. The van der Waals surface area contributed by atoms with E-state index in [4.69, 9.17) is 0 Å². The Bertz CT molecular complexity index is 540. The Morgan fingerprint density at radius 2 is 2.05 bits per heavy atom. The number of benzene rings is 1. The third kappa shape index (κ3) is 2.24. The van der Waals surface area contributed by atoms with E-state index < -0.39 is 11.9 Å². The first-order valence-corrected chi connectivity index (χ1v) is 7.04. The second-order valence-electron chi connectivity index (χ2n) is 5.54. The lowest BCUT2D eigenvalue weighted by Crippen LogP contribution is -2.42. The van der Waals surface area contributed by atoms with Gasteiger partial charge in [0.1, 0.15) is 5.92 Å². The van der Waals surface area contributed by atoms with Crippen LogP contribution in [0, 0.1) is 5.92 Å². The number of carboxylic acid groups (broad SMARTS) is 1. The van der Waals surface area contributed by atoms with Crippen molar-refractivity contribution in [2.45, 2.75) is 25.2 Å². The molecule has 1 aromatic carbocycles. The molecule has 2 aliphatic rings. The Labute approximate surface area is 117 Å². The van der Waals surface area contributed by atoms with Gasteiger partial charge in [-0.2, -0.15) is 0 Å². The molecule has 1 saturated carbocycles. The van der Waals surface area contributed by atoms with E-state index in [-0.39, 0.29) is 12.6 Å². The molecule has 0 bridgehead atoms. The maximum Gasteiger partial charge on any atom is 0.321 e. The van der Waals surface area contributed by atoms with Gasteiger partial charge in [-0.1, -0.05) is 24.6 Å². The van der Waals surface area contributed by atoms with Crippen molar-refractivity contribution in [1.82, 2.24) is 5.32 Å². The number of amides is 2. The summed E-state index contributed by atoms with van der Waals surface area (Å²) in [5, 5.41) is 12.2. The Kier molecular flexibility index (Phi) is 3.34. The lowest BCUT2D eigenvalue weighted by Gasteiger charge is -2.27. The zero-order valence-electron chi connectivity index (χ0n) is 11.2. The van der Waals surface area contributed by atoms with Crippen molar-refractivity contribution in [3.63, 3.8) is 0 Å². The summed E-state index contributed by atoms with van der Waals surface area (Å²) in [6.45, 7) is 0.903. The summed E-state index contributed by atoms with van der Waals surface area (Å²) in [6, 6.07) is 7.04. The molecule has 1 heterocycles. The Morgan fingerprint density at radius 1 is 1.30 bits per heavy atom. The van der Waals surface area contributed by atoms with Gasteiger partial charge in [-0.25, -0.2) is 4.79 Å². The molecule has 5 heteroatoms. The van der Waals surface area contributed by atoms with E-state index >= 15 is 0 Å². The number of carbonyl (C=O) groups is 2. The third-order valence-electron chi connectivity index (χ3n) is 4.28. The van der Waals surface area contributed by atoms with Gasteiger partial charge in [0.25, 0.3) is 0 Å². The van der Waals surface area contributed by atoms with E-state index in [0.29, 0.717) is 18.2 Å². The van der Waals surface area contributed by atoms with Gasteiger partial charge in [0.15, 0.2) is 0 Å². The number of para-hydroxylation sites is 1. The van der Waals surface area contributed by atoms with Gasteiger partial charge in [0.2, 0.25) is 0 Å². The molecule has 0 radical (unpaired) electrons. The summed E-state index contributed by atoms with van der Waals surface area (Å²) in [4.78, 5) is 25.1. The van der Waals surface area contributed by atoms with Gasteiger partial charge in [-0.15, -0.1) is 0 Å². The van der Waals surface area contributed by atoms with E-state index in [1.165, 1.54) is 19.3 Å². The van der Waals surface area contributed by atoms with E-state index in [9.17, 15) is 14.7 Å². The van der Waals surface area contributed by atoms with Crippen LogP contribution < -0.4 is 10.2 Å². The second kappa shape index (κ2) is 5.15. The summed E-state index contributed by atoms with van der Waals surface area (Å²) in [5.41, 5.74) is 1.44. The molecule has 0 aromatic heterocycles. The maximum atomic E-state index is 12.2. The molecule has 0 spiro atoms. The highest BCUT2D eigenvalue weighted by molar-refractivity contribution is 5.98. The smallest absolute Gasteiger partial charge is 0.321 e. The number of urea groups is 1. The first-order chi connectivity index (χ1) is 9.66. The molecular weight excluding hydrogens is 256 g/mol. The van der Waals surface area contributed by atoms with Crippen molar-refractivity contribution in [1.29, 1.82) is 0 Å². The molecule has 20 heavy (non-hydrogen) atoms. The first-order valence-electron chi connectivity index (χ1n) is 7.04. The molecule has 1 aliphatic carbocycles. The Morgan fingerprint density at radius 3 is 2.70 bits per heavy atom. The fourth-order valence-corrected chi connectivity index (χ4v) is 2.83. The van der Waals surface area contributed by atoms with Crippen LogP contribution in [0.4, 0.5) is 10.5 Å². The zero-order valence-corrected chi connectivity index (χ0v) is 11.2. The molecule has 2 N–H and O–H groups in total. The largest absolute Gasteiger partial charge is 0.481 e. The van der Waals surface area contributed by atoms with Crippen molar-refractivity contribution in [2.24, 2.45) is 5.92 Å². The number of hydrogen-bond acceptors (Lipinski definition) is 2. The number of nitrogens with one attached hydrogen (secondary N) is 1. The average molecular weight is 274 g/mol. The number of fused-ring (bicyclic) bond motifs is 1. The Hall–Kier alpha value is -2.04. The quantitative estimate of drug-likeness (QED) is 0.887. The van der Waals surface area contributed by atoms with Crippen LogP contribution in [0.2, 0.25) is 0 Å². The van der Waals surface area contributed by atoms with Gasteiger partial charge < -0.3 is 10.4 Å². The molecular formula is C15H18N2O3. The van der Waals surface area contributed by atoms with Crippen LogP contribution in [0.3, 0.4) is 0 Å². The van der Waals surface area contributed by atoms with Crippen LogP contribution in [0.15, 0.2) is 24.3 Å². The topological polar surface area (TPSA) is 69.6 Å². The van der Waals surface area contributed by atoms with Crippen molar-refractivity contribution in [3.05, 3.63) is 29.8 Å². The van der Waals surface area contributed by atoms with Crippen LogP contribution in [-0.2, 0) is 4.79 Å². The minimum Gasteiger partial charge on any atom is -0.481 e. The monoisotopic (exact) mass is 274 g/mol. The number of nitrogens with zero attached hydrogens (tertiary/aromatic N) is 1. The Balaban J connectivity index is 1.73. The summed E-state index contributed by atoms with van der Waals surface area (Å²) >= 11 is 0. The standard InChI is InChI=1S/C15H18N2O3/c18-14(19)12-9-17(13-7-2-1-6-11(12)13)15(20)16-8-10-4-3-5-10/h1-2,6-7,10,12H,3-5,8-9H2,(H,16,20)(H,18,19). The molecule has 1 aromatic rings. The summed E-state index contributed by atoms with van der Waals surface area (Å²) in [5.74, 6) is -0.917. The first kappa shape index (κ1) is 13.0. The summed E-state index contributed by atoms with van der Waals surface area (Å²) in [6.07, 6.45) is 3.59. The minimum atomic E-state index is -0.883. The fourth-order valence-electron chi connectivity index (χ4n) is 2.83. The molecule has 1 atom stereocenters. The van der Waals surface area contributed by atoms with Crippen molar-refractivity contribution in [3.8, 4) is 0 Å². The van der Waals surface area contributed by atoms with Crippen molar-refractivity contribution < 1.29 is 14.7 Å². The summed E-state index contributed by atoms with van der Waals surface area (Å²) in [7, 11) is 0. The minimum absolute atomic E-state index is 0.187. The molecule has 3 rings (SSSR count). The highest BCUT2D eigenvalue weighted by Gasteiger charge is 2.36. The number of rotatable bonds is 3. The fraction of sp³-hybridized carbons (Fsp3) is 0.467. The SMILES string of the molecule is O=C(O)C1CN(C(=O)NCC2CCC2)c2ccccc21. The maximum absolute atomic E-state index is 12.2. The third-order valence-corrected chi connectivity index (χ3v) is 4.28. The zero-order chi connectivity index (χ0) is 14.1. The van der Waals surface area contributed by atoms with Crippen LogP contribution in [-0.4, -0.2) is 30.2 Å². The van der Waals surface area contributed by atoms with Crippen LogP contribution in [0.25, 0.3) is 0 Å². The van der Waals surface area contributed by atoms with Gasteiger partial charge in [0.05, 0.1) is 0 Å². The van der Waals surface area contributed by atoms with Crippen LogP contribution in [0.1, 0.15) is 30.7 Å². The molecule has 0 saturated heterocycles. The number of aliphatic carboxylic acids is 1. The lowest BCUT2D eigenvalue weighted by molar-refractivity contribution is -0.138. The number of carboxylic acids is 1. The van der Waals surface area contributed by atoms with Crippen molar-refractivity contribution >= 4 is 17.7 Å². The molecule has 1 fully saturated rings. The molecule has 2 amide bonds. The number of anilines is 1. The van der Waals surface area contributed by atoms with E-state index in [0.717, 1.165) is 5.56 Å². The normalized spacial score (nSPS) is 21.2. The van der Waals surface area contributed by atoms with E-state index in [2.05, 4.69) is 5.32 Å². The molecule has 1 unspecified atom stereocenters. The lowest BCUT2D eigenvalue weighted by atomic mass is 9.85. The van der Waals surface area contributed by atoms with E-state index in [1.54, 1.807) is 17.0 Å². The summed E-state index contributed by atoms with van der Waals surface area (Å²) < 4.78 is 0. The molecule has 5 nitrogen and oxygen atoms in total. The van der Waals surface area contributed by atoms with Gasteiger partial charge in [-0.05, 0) is 30.4 Å². The number of hydrogen-bond donors (Lipinski definition) is 2. The van der Waals surface area contributed by atoms with E-state index in [1.807, 2.05) is 12.1 Å². The molecule has 1 aliphatic heterocycles. The van der Waals surface area contributed by atoms with Gasteiger partial charge in [0, 0.05) is 18.8 Å². The van der Waals surface area contributed by atoms with Gasteiger partial charge in [-0.3, -0.25) is 9.69 Å². The molecule has 106 valence electrons. The van der Waals surface area contributed by atoms with Gasteiger partial charge >= 0.3 is 12.0 Å². The number of carbonyl (C=O) groups excluding carboxylic acids is 1. The average Bonchev–Trinajstić information content (AvgIpc) is 2.76. The predicted octanol–water partition coefficient (Wildman–Crippen LogP) is 2.18. The van der Waals surface area contributed by atoms with Crippen molar-refractivity contribution in [2.75, 3.05) is 18.0 Å². The van der Waals surface area contributed by atoms with Crippen LogP contribution >= 0.6 is 0 Å². The highest BCUT2D eigenvalue weighted by Crippen LogP contribution is 2.36. The van der Waals surface area contributed by atoms with Crippen LogP contribution in [0.5, 0.6) is 0 Å². The second-order valence-corrected chi connectivity index (χ2v) is 5.54. The highest BCUT2D eigenvalue weighted by atomic mass is 16.4.